The molecule has 3 aromatic rings. The van der Waals surface area contributed by atoms with Gasteiger partial charge >= 0.3 is 5.69 Å². The maximum atomic E-state index is 12.8. The van der Waals surface area contributed by atoms with Crippen molar-refractivity contribution in [3.63, 3.8) is 0 Å². The number of aromatic nitrogens is 4. The van der Waals surface area contributed by atoms with Crippen LogP contribution < -0.4 is 10.4 Å². The first kappa shape index (κ1) is 19.7. The zero-order valence-electron chi connectivity index (χ0n) is 17.3. The van der Waals surface area contributed by atoms with Gasteiger partial charge in [0.05, 0.1) is 18.1 Å². The predicted octanol–water partition coefficient (Wildman–Crippen LogP) is 3.24. The molecule has 8 nitrogen and oxygen atoms in total. The van der Waals surface area contributed by atoms with Crippen molar-refractivity contribution >= 4 is 11.0 Å². The van der Waals surface area contributed by atoms with Crippen LogP contribution in [0.4, 0.5) is 0 Å². The molecule has 156 valence electrons. The van der Waals surface area contributed by atoms with Crippen LogP contribution in [-0.2, 0) is 24.9 Å². The van der Waals surface area contributed by atoms with Crippen LogP contribution in [0, 0.1) is 5.92 Å². The predicted molar refractivity (Wildman–Crippen MR) is 108 cm³/mol. The number of hydrogen-bond donors (Lipinski definition) is 0. The fourth-order valence-electron chi connectivity index (χ4n) is 4.22. The molecule has 0 atom stereocenters. The fraction of sp³-hybridized carbons (Fsp3) is 0.571. The van der Waals surface area contributed by atoms with Gasteiger partial charge in [-0.2, -0.15) is 0 Å². The summed E-state index contributed by atoms with van der Waals surface area (Å²) >= 11 is 0. The van der Waals surface area contributed by atoms with E-state index in [0.29, 0.717) is 36.8 Å². The quantitative estimate of drug-likeness (QED) is 0.605. The van der Waals surface area contributed by atoms with Gasteiger partial charge < -0.3 is 13.9 Å². The largest absolute Gasteiger partial charge is 0.497 e. The highest BCUT2D eigenvalue weighted by atomic mass is 16.5. The summed E-state index contributed by atoms with van der Waals surface area (Å²) < 4.78 is 20.0. The molecule has 0 aliphatic heterocycles. The summed E-state index contributed by atoms with van der Waals surface area (Å²) in [4.78, 5) is 12.8. The Labute approximate surface area is 169 Å². The van der Waals surface area contributed by atoms with Gasteiger partial charge in [-0.15, -0.1) is 10.2 Å². The van der Waals surface area contributed by atoms with Crippen molar-refractivity contribution in [2.24, 2.45) is 13.0 Å². The lowest BCUT2D eigenvalue weighted by atomic mass is 9.82. The zero-order valence-corrected chi connectivity index (χ0v) is 17.3. The summed E-state index contributed by atoms with van der Waals surface area (Å²) in [6.45, 7) is 3.65. The molecule has 0 bridgehead atoms. The molecule has 0 radical (unpaired) electrons. The molecule has 29 heavy (non-hydrogen) atoms. The van der Waals surface area contributed by atoms with Crippen LogP contribution >= 0.6 is 0 Å². The van der Waals surface area contributed by atoms with Crippen LogP contribution in [0.1, 0.15) is 50.3 Å². The molecule has 1 saturated carbocycles. The van der Waals surface area contributed by atoms with E-state index in [1.54, 1.807) is 11.7 Å². The van der Waals surface area contributed by atoms with Crippen LogP contribution in [0.2, 0.25) is 0 Å². The molecular weight excluding hydrogens is 372 g/mol. The monoisotopic (exact) mass is 400 g/mol. The van der Waals surface area contributed by atoms with E-state index in [0.717, 1.165) is 49.0 Å². The van der Waals surface area contributed by atoms with E-state index in [9.17, 15) is 4.79 Å². The summed E-state index contributed by atoms with van der Waals surface area (Å²) in [7, 11) is 3.46. The third-order valence-electron chi connectivity index (χ3n) is 5.90. The van der Waals surface area contributed by atoms with Crippen LogP contribution in [0.25, 0.3) is 11.0 Å². The van der Waals surface area contributed by atoms with E-state index < -0.39 is 0 Å². The Kier molecular flexibility index (Phi) is 5.71. The van der Waals surface area contributed by atoms with Crippen molar-refractivity contribution in [1.82, 2.24) is 19.3 Å². The molecule has 8 heteroatoms. The summed E-state index contributed by atoms with van der Waals surface area (Å²) in [6, 6.07) is 5.78. The minimum Gasteiger partial charge on any atom is -0.497 e. The number of fused-ring (bicyclic) bond motifs is 1. The first-order valence-corrected chi connectivity index (χ1v) is 10.2. The summed E-state index contributed by atoms with van der Waals surface area (Å²) in [5.41, 5.74) is 1.88. The van der Waals surface area contributed by atoms with Crippen molar-refractivity contribution in [3.8, 4) is 5.75 Å². The minimum atomic E-state index is 0.0212. The van der Waals surface area contributed by atoms with Crippen LogP contribution in [-0.4, -0.2) is 33.0 Å². The van der Waals surface area contributed by atoms with E-state index in [2.05, 4.69) is 10.2 Å². The van der Waals surface area contributed by atoms with Gasteiger partial charge in [-0.3, -0.25) is 9.13 Å². The van der Waals surface area contributed by atoms with Gasteiger partial charge in [-0.05, 0) is 50.7 Å². The van der Waals surface area contributed by atoms with E-state index in [4.69, 9.17) is 13.9 Å². The average Bonchev–Trinajstić information content (AvgIpc) is 3.32. The lowest BCUT2D eigenvalue weighted by Crippen LogP contribution is -2.27. The standard InChI is InChI=1S/C21H28N4O4/c1-4-28-13-19-22-23-20(29-19)15-7-5-14(6-8-15)12-25-18-11-16(27-3)9-10-17(18)24(2)21(25)26/h9-11,14-15H,4-8,12-13H2,1-3H3. The van der Waals surface area contributed by atoms with Crippen molar-refractivity contribution in [2.75, 3.05) is 13.7 Å². The third kappa shape index (κ3) is 3.94. The smallest absolute Gasteiger partial charge is 0.328 e. The number of rotatable bonds is 7. The number of hydrogen-bond acceptors (Lipinski definition) is 6. The Morgan fingerprint density at radius 2 is 1.97 bits per heavy atom. The van der Waals surface area contributed by atoms with E-state index in [1.807, 2.05) is 36.7 Å². The molecule has 2 aromatic heterocycles. The molecule has 1 aliphatic carbocycles. The maximum absolute atomic E-state index is 12.8. The average molecular weight is 400 g/mol. The van der Waals surface area contributed by atoms with Gasteiger partial charge in [0, 0.05) is 32.2 Å². The second-order valence-electron chi connectivity index (χ2n) is 7.70. The number of ether oxygens (including phenoxy) is 2. The molecule has 1 fully saturated rings. The van der Waals surface area contributed by atoms with Crippen molar-refractivity contribution in [2.45, 2.75) is 51.7 Å². The van der Waals surface area contributed by atoms with Crippen LogP contribution in [0.15, 0.2) is 27.4 Å². The van der Waals surface area contributed by atoms with Gasteiger partial charge in [-0.25, -0.2) is 4.79 Å². The second-order valence-corrected chi connectivity index (χ2v) is 7.70. The summed E-state index contributed by atoms with van der Waals surface area (Å²) in [6.07, 6.45) is 4.04. The van der Waals surface area contributed by atoms with E-state index in [1.165, 1.54) is 0 Å². The first-order valence-electron chi connectivity index (χ1n) is 10.2. The van der Waals surface area contributed by atoms with Crippen LogP contribution in [0.3, 0.4) is 0 Å². The Morgan fingerprint density at radius 1 is 1.17 bits per heavy atom. The molecule has 4 rings (SSSR count). The number of benzene rings is 1. The molecule has 0 spiro atoms. The molecule has 1 aliphatic rings. The lowest BCUT2D eigenvalue weighted by Gasteiger charge is -2.26. The molecule has 2 heterocycles. The number of aryl methyl sites for hydroxylation is 1. The number of methoxy groups -OCH3 is 1. The SMILES string of the molecule is CCOCc1nnc(C2CCC(Cn3c(=O)n(C)c4ccc(OC)cc43)CC2)o1. The topological polar surface area (TPSA) is 84.3 Å². The molecule has 0 saturated heterocycles. The molecule has 0 N–H and O–H groups in total. The van der Waals surface area contributed by atoms with Crippen molar-refractivity contribution in [3.05, 3.63) is 40.5 Å². The van der Waals surface area contributed by atoms with E-state index >= 15 is 0 Å². The fourth-order valence-corrected chi connectivity index (χ4v) is 4.22. The normalized spacial score (nSPS) is 19.7. The molecule has 0 unspecified atom stereocenters. The third-order valence-corrected chi connectivity index (χ3v) is 5.90. The maximum Gasteiger partial charge on any atom is 0.328 e. The van der Waals surface area contributed by atoms with Gasteiger partial charge in [0.1, 0.15) is 12.4 Å². The Morgan fingerprint density at radius 3 is 2.69 bits per heavy atom. The van der Waals surface area contributed by atoms with Crippen molar-refractivity contribution < 1.29 is 13.9 Å². The van der Waals surface area contributed by atoms with E-state index in [-0.39, 0.29) is 5.69 Å². The molecular formula is C21H28N4O4. The minimum absolute atomic E-state index is 0.0212. The molecule has 0 amide bonds. The lowest BCUT2D eigenvalue weighted by molar-refractivity contribution is 0.112. The van der Waals surface area contributed by atoms with Gasteiger partial charge in [-0.1, -0.05) is 0 Å². The Hall–Kier alpha value is -2.61. The van der Waals surface area contributed by atoms with Crippen LogP contribution in [0.5, 0.6) is 5.75 Å². The highest BCUT2D eigenvalue weighted by Gasteiger charge is 2.27. The Balaban J connectivity index is 1.44. The number of imidazole rings is 1. The highest BCUT2D eigenvalue weighted by Crippen LogP contribution is 2.36. The summed E-state index contributed by atoms with van der Waals surface area (Å²) in [5, 5.41) is 8.29. The Bertz CT molecular complexity index is 1030. The second kappa shape index (κ2) is 8.41. The highest BCUT2D eigenvalue weighted by molar-refractivity contribution is 5.77. The molecule has 1 aromatic carbocycles. The van der Waals surface area contributed by atoms with Gasteiger partial charge in [0.2, 0.25) is 11.8 Å². The van der Waals surface area contributed by atoms with Crippen molar-refractivity contribution in [1.29, 1.82) is 0 Å². The summed E-state index contributed by atoms with van der Waals surface area (Å²) in [5.74, 6) is 2.76. The van der Waals surface area contributed by atoms with Gasteiger partial charge in [0.15, 0.2) is 0 Å². The zero-order chi connectivity index (χ0) is 20.4. The first-order chi connectivity index (χ1) is 14.1. The van der Waals surface area contributed by atoms with Gasteiger partial charge in [0.25, 0.3) is 0 Å². The number of nitrogens with zero attached hydrogens (tertiary/aromatic N) is 4.